The van der Waals surface area contributed by atoms with Crippen molar-refractivity contribution in [3.05, 3.63) is 158 Å². The molecule has 0 aliphatic heterocycles. The van der Waals surface area contributed by atoms with Crippen molar-refractivity contribution < 1.29 is 42.9 Å². The van der Waals surface area contributed by atoms with E-state index in [-0.39, 0.29) is 38.6 Å². The van der Waals surface area contributed by atoms with Gasteiger partial charge in [-0.2, -0.15) is 0 Å². The summed E-state index contributed by atoms with van der Waals surface area (Å²) in [6.45, 7) is 4.60. The van der Waals surface area contributed by atoms with E-state index in [2.05, 4.69) is 172 Å². The molecule has 0 aliphatic rings. The number of aliphatic carboxylic acids is 1. The van der Waals surface area contributed by atoms with Crippen LogP contribution in [0.1, 0.15) is 335 Å². The molecule has 0 heterocycles. The largest absolute Gasteiger partial charge is 0.545 e. The quantitative estimate of drug-likeness (QED) is 0.0195. The number of carbonyl (C=O) groups is 3. The predicted molar refractivity (Wildman–Crippen MR) is 425 cm³/mol. The number of esters is 2. The van der Waals surface area contributed by atoms with Gasteiger partial charge in [-0.15, -0.1) is 0 Å². The maximum absolute atomic E-state index is 13.0. The standard InChI is InChI=1S/C90H151NO8/c1-6-8-10-12-14-16-18-20-22-24-26-28-30-32-34-36-38-40-42-44-46-48-50-52-54-56-58-60-62-64-66-68-70-72-74-76-78-80-87(92)97-84-86(85-98-90(89(94)95)96-83-82-91(3,4)5)99-88(93)81-79-77-75-73-71-69-67-65-63-61-59-57-55-53-51-49-47-45-43-41-39-37-35-33-31-29-27-25-23-21-19-17-15-13-11-9-7-2/h9,11,15,17-18,20-21,23-24,26-27,29,33,35,39,41,45,47,51,53,57,59,63,65,69,71,86,90H,6-8,10,12-14,16,19,22,25,28,30-32,34,36-38,40,42-44,46,48-50,52,54-56,58,60-62,64,66-68,70,72-85H2,1-5H3/b11-9-,17-15-,20-18-,23-21-,26-24-,29-27-,35-33-,41-39-,47-45-,53-51-,59-57-,65-63-,71-69-. The molecule has 0 radical (unpaired) electrons. The average molecular weight is 1380 g/mol. The van der Waals surface area contributed by atoms with Crippen LogP contribution < -0.4 is 5.11 Å². The molecule has 0 fully saturated rings. The summed E-state index contributed by atoms with van der Waals surface area (Å²) in [6, 6.07) is 0. The van der Waals surface area contributed by atoms with Crippen LogP contribution in [0.3, 0.4) is 0 Å². The second-order valence-electron chi connectivity index (χ2n) is 28.0. The zero-order valence-corrected chi connectivity index (χ0v) is 64.6. The fourth-order valence-corrected chi connectivity index (χ4v) is 11.1. The number of allylic oxidation sites excluding steroid dienone is 26. The Balaban J connectivity index is 4.12. The lowest BCUT2D eigenvalue weighted by atomic mass is 10.0. The summed E-state index contributed by atoms with van der Waals surface area (Å²) in [6.07, 6.45) is 114. The lowest BCUT2D eigenvalue weighted by Gasteiger charge is -2.26. The van der Waals surface area contributed by atoms with E-state index < -0.39 is 24.3 Å². The van der Waals surface area contributed by atoms with E-state index in [0.29, 0.717) is 17.4 Å². The predicted octanol–water partition coefficient (Wildman–Crippen LogP) is 25.0. The summed E-state index contributed by atoms with van der Waals surface area (Å²) in [5.41, 5.74) is 0. The van der Waals surface area contributed by atoms with Crippen molar-refractivity contribution in [1.29, 1.82) is 0 Å². The van der Waals surface area contributed by atoms with E-state index in [0.717, 1.165) is 116 Å². The monoisotopic (exact) mass is 1370 g/mol. The molecule has 2 atom stereocenters. The first-order valence-corrected chi connectivity index (χ1v) is 40.6. The smallest absolute Gasteiger partial charge is 0.306 e. The number of nitrogens with zero attached hydrogens (tertiary/aromatic N) is 1. The maximum atomic E-state index is 13.0. The lowest BCUT2D eigenvalue weighted by Crippen LogP contribution is -2.44. The van der Waals surface area contributed by atoms with Gasteiger partial charge < -0.3 is 33.3 Å². The van der Waals surface area contributed by atoms with Crippen LogP contribution in [-0.2, 0) is 33.3 Å². The Morgan fingerprint density at radius 2 is 0.576 bits per heavy atom. The second-order valence-corrected chi connectivity index (χ2v) is 28.0. The van der Waals surface area contributed by atoms with Crippen LogP contribution in [-0.4, -0.2) is 82.3 Å². The molecule has 2 unspecified atom stereocenters. The fourth-order valence-electron chi connectivity index (χ4n) is 11.1. The van der Waals surface area contributed by atoms with Gasteiger partial charge in [-0.05, 0) is 128 Å². The molecule has 0 aromatic carbocycles. The Labute approximate surface area is 610 Å². The molecule has 0 aliphatic carbocycles. The minimum absolute atomic E-state index is 0.134. The first-order chi connectivity index (χ1) is 48.6. The summed E-state index contributed by atoms with van der Waals surface area (Å²) >= 11 is 0. The van der Waals surface area contributed by atoms with E-state index in [4.69, 9.17) is 18.9 Å². The van der Waals surface area contributed by atoms with Gasteiger partial charge in [-0.1, -0.05) is 352 Å². The molecule has 0 aromatic rings. The topological polar surface area (TPSA) is 111 Å². The van der Waals surface area contributed by atoms with Crippen molar-refractivity contribution in [3.63, 3.8) is 0 Å². The second kappa shape index (κ2) is 78.6. The van der Waals surface area contributed by atoms with Crippen molar-refractivity contribution in [1.82, 2.24) is 0 Å². The van der Waals surface area contributed by atoms with Crippen LogP contribution in [0.25, 0.3) is 0 Å². The molecule has 9 heteroatoms. The minimum atomic E-state index is -1.64. The summed E-state index contributed by atoms with van der Waals surface area (Å²) in [5.74, 6) is -2.33. The average Bonchev–Trinajstić information content (AvgIpc) is 2.19. The Kier molecular flexibility index (Phi) is 74.6. The van der Waals surface area contributed by atoms with E-state index in [1.807, 2.05) is 21.1 Å². The summed E-state index contributed by atoms with van der Waals surface area (Å²) in [4.78, 5) is 37.6. The molecule has 0 saturated carbocycles. The molecule has 0 aromatic heterocycles. The number of ether oxygens (including phenoxy) is 4. The van der Waals surface area contributed by atoms with Gasteiger partial charge >= 0.3 is 11.9 Å². The van der Waals surface area contributed by atoms with Crippen LogP contribution in [0.4, 0.5) is 0 Å². The SMILES string of the molecule is CC/C=C\C/C=C\C/C=C\C/C=C\C/C=C\C/C=C\C/C=C\C/C=C\C/C=C\C/C=C\C/C=C\CCCCCC(=O)OC(COC(=O)CCCCCCCCCCCCCCCCCCCCCCCCCCC/C=C\C/C=C\CCCCCCC)COC(OCC[N+](C)(C)C)C(=O)[O-]. The molecule has 0 N–H and O–H groups in total. The normalized spacial score (nSPS) is 13.5. The number of likely N-dealkylation sites (N-methyl/N-ethyl adjacent to an activating group) is 1. The lowest BCUT2D eigenvalue weighted by molar-refractivity contribution is -0.870. The van der Waals surface area contributed by atoms with Gasteiger partial charge in [-0.25, -0.2) is 0 Å². The Hall–Kier alpha value is -5.09. The molecule has 564 valence electrons. The first-order valence-electron chi connectivity index (χ1n) is 40.6. The third-order valence-corrected chi connectivity index (χ3v) is 17.3. The minimum Gasteiger partial charge on any atom is -0.545 e. The molecular formula is C90H151NO8. The Bertz CT molecular complexity index is 2200. The van der Waals surface area contributed by atoms with Crippen molar-refractivity contribution in [2.45, 2.75) is 347 Å². The van der Waals surface area contributed by atoms with E-state index in [1.165, 1.54) is 186 Å². The molecule has 99 heavy (non-hydrogen) atoms. The number of unbranched alkanes of at least 4 members (excludes halogenated alkanes) is 33. The third kappa shape index (κ3) is 80.1. The fraction of sp³-hybridized carbons (Fsp3) is 0.678. The van der Waals surface area contributed by atoms with Gasteiger partial charge in [-0.3, -0.25) is 9.59 Å². The summed E-state index contributed by atoms with van der Waals surface area (Å²) < 4.78 is 22.8. The number of hydrogen-bond donors (Lipinski definition) is 0. The van der Waals surface area contributed by atoms with Crippen LogP contribution in [0.5, 0.6) is 0 Å². The van der Waals surface area contributed by atoms with Gasteiger partial charge in [0.25, 0.3) is 0 Å². The molecule has 0 amide bonds. The van der Waals surface area contributed by atoms with Gasteiger partial charge in [0.05, 0.1) is 40.3 Å². The van der Waals surface area contributed by atoms with Crippen LogP contribution in [0, 0.1) is 0 Å². The Morgan fingerprint density at radius 3 is 0.869 bits per heavy atom. The number of quaternary nitrogens is 1. The number of carbonyl (C=O) groups excluding carboxylic acids is 3. The highest BCUT2D eigenvalue weighted by Crippen LogP contribution is 2.18. The summed E-state index contributed by atoms with van der Waals surface area (Å²) in [7, 11) is 5.92. The van der Waals surface area contributed by atoms with E-state index in [1.54, 1.807) is 0 Å². The molecule has 0 spiro atoms. The van der Waals surface area contributed by atoms with Gasteiger partial charge in [0.15, 0.2) is 12.4 Å². The highest BCUT2D eigenvalue weighted by molar-refractivity contribution is 5.70. The van der Waals surface area contributed by atoms with Gasteiger partial charge in [0.2, 0.25) is 0 Å². The van der Waals surface area contributed by atoms with Crippen molar-refractivity contribution in [2.75, 3.05) is 47.5 Å². The van der Waals surface area contributed by atoms with Crippen LogP contribution in [0.2, 0.25) is 0 Å². The molecule has 0 bridgehead atoms. The maximum Gasteiger partial charge on any atom is 0.306 e. The molecule has 0 saturated heterocycles. The summed E-state index contributed by atoms with van der Waals surface area (Å²) in [5, 5.41) is 11.9. The van der Waals surface area contributed by atoms with Gasteiger partial charge in [0.1, 0.15) is 13.2 Å². The van der Waals surface area contributed by atoms with E-state index >= 15 is 0 Å². The molecular weight excluding hydrogens is 1220 g/mol. The number of rotatable bonds is 74. The van der Waals surface area contributed by atoms with Crippen LogP contribution >= 0.6 is 0 Å². The van der Waals surface area contributed by atoms with Crippen molar-refractivity contribution >= 4 is 17.9 Å². The number of carboxylic acid groups (broad SMARTS) is 1. The van der Waals surface area contributed by atoms with Crippen molar-refractivity contribution in [2.24, 2.45) is 0 Å². The third-order valence-electron chi connectivity index (χ3n) is 17.3. The van der Waals surface area contributed by atoms with Crippen LogP contribution in [0.15, 0.2) is 158 Å². The van der Waals surface area contributed by atoms with Gasteiger partial charge in [0, 0.05) is 12.8 Å². The van der Waals surface area contributed by atoms with Crippen molar-refractivity contribution in [3.8, 4) is 0 Å². The Morgan fingerprint density at radius 1 is 0.313 bits per heavy atom. The zero-order valence-electron chi connectivity index (χ0n) is 64.6. The molecule has 9 nitrogen and oxygen atoms in total. The highest BCUT2D eigenvalue weighted by Gasteiger charge is 2.22. The first kappa shape index (κ1) is 93.9. The zero-order chi connectivity index (χ0) is 71.8. The molecule has 0 rings (SSSR count). The van der Waals surface area contributed by atoms with E-state index in [9.17, 15) is 19.5 Å². The highest BCUT2D eigenvalue weighted by atomic mass is 16.7. The number of carboxylic acids is 1. The number of hydrogen-bond acceptors (Lipinski definition) is 8.